The number of hydrogen-bond donors (Lipinski definition) is 1. The lowest BCUT2D eigenvalue weighted by molar-refractivity contribution is 0.102. The van der Waals surface area contributed by atoms with Gasteiger partial charge < -0.3 is 5.32 Å². The van der Waals surface area contributed by atoms with E-state index in [0.29, 0.717) is 17.5 Å². The molecular formula is C15H11N9O. The van der Waals surface area contributed by atoms with Crippen LogP contribution in [0, 0.1) is 0 Å². The fourth-order valence-corrected chi connectivity index (χ4v) is 2.10. The lowest BCUT2D eigenvalue weighted by Crippen LogP contribution is -2.16. The Hall–Kier alpha value is -3.95. The van der Waals surface area contributed by atoms with Gasteiger partial charge in [0.15, 0.2) is 17.3 Å². The predicted molar refractivity (Wildman–Crippen MR) is 86.3 cm³/mol. The van der Waals surface area contributed by atoms with Crippen molar-refractivity contribution < 1.29 is 4.79 Å². The highest BCUT2D eigenvalue weighted by Crippen LogP contribution is 2.09. The summed E-state index contributed by atoms with van der Waals surface area (Å²) in [5, 5.41) is 18.7. The molecule has 0 bridgehead atoms. The van der Waals surface area contributed by atoms with Gasteiger partial charge in [-0.15, -0.1) is 10.2 Å². The quantitative estimate of drug-likeness (QED) is 0.589. The Bertz CT molecular complexity index is 978. The number of aromatic nitrogens is 8. The Kier molecular flexibility index (Phi) is 3.67. The zero-order valence-electron chi connectivity index (χ0n) is 12.8. The van der Waals surface area contributed by atoms with Crippen LogP contribution in [0.4, 0.5) is 5.82 Å². The van der Waals surface area contributed by atoms with E-state index in [4.69, 9.17) is 0 Å². The molecule has 0 fully saturated rings. The summed E-state index contributed by atoms with van der Waals surface area (Å²) >= 11 is 0. The number of hydrogen-bond acceptors (Lipinski definition) is 7. The minimum absolute atomic E-state index is 0.162. The Morgan fingerprint density at radius 3 is 2.32 bits per heavy atom. The van der Waals surface area contributed by atoms with Crippen molar-refractivity contribution in [3.8, 4) is 11.6 Å². The van der Waals surface area contributed by atoms with Crippen LogP contribution in [0.2, 0.25) is 0 Å². The minimum atomic E-state index is -0.426. The molecule has 4 heterocycles. The fourth-order valence-electron chi connectivity index (χ4n) is 2.10. The molecule has 0 radical (unpaired) electrons. The van der Waals surface area contributed by atoms with Crippen molar-refractivity contribution in [1.29, 1.82) is 0 Å². The van der Waals surface area contributed by atoms with E-state index < -0.39 is 5.91 Å². The third kappa shape index (κ3) is 3.08. The molecule has 0 saturated heterocycles. The summed E-state index contributed by atoms with van der Waals surface area (Å²) in [5.41, 5.74) is 0.162. The Labute approximate surface area is 141 Å². The first-order valence-electron chi connectivity index (χ1n) is 7.27. The first-order valence-corrected chi connectivity index (χ1v) is 7.27. The molecule has 1 N–H and O–H groups in total. The van der Waals surface area contributed by atoms with Crippen molar-refractivity contribution in [2.75, 3.05) is 5.32 Å². The zero-order chi connectivity index (χ0) is 17.1. The highest BCUT2D eigenvalue weighted by Gasteiger charge is 2.11. The van der Waals surface area contributed by atoms with E-state index >= 15 is 0 Å². The Morgan fingerprint density at radius 2 is 1.68 bits per heavy atom. The molecule has 4 rings (SSSR count). The van der Waals surface area contributed by atoms with Crippen molar-refractivity contribution in [3.63, 3.8) is 0 Å². The third-order valence-electron chi connectivity index (χ3n) is 3.26. The van der Waals surface area contributed by atoms with E-state index in [-0.39, 0.29) is 5.69 Å². The van der Waals surface area contributed by atoms with Crippen LogP contribution in [-0.2, 0) is 0 Å². The first kappa shape index (κ1) is 14.6. The molecule has 4 aromatic heterocycles. The van der Waals surface area contributed by atoms with Crippen LogP contribution < -0.4 is 5.32 Å². The van der Waals surface area contributed by atoms with Gasteiger partial charge in [0, 0.05) is 30.9 Å². The van der Waals surface area contributed by atoms with Gasteiger partial charge in [-0.3, -0.25) is 4.79 Å². The maximum Gasteiger partial charge on any atom is 0.277 e. The third-order valence-corrected chi connectivity index (χ3v) is 3.26. The molecule has 0 atom stereocenters. The molecule has 0 aliphatic rings. The zero-order valence-corrected chi connectivity index (χ0v) is 12.8. The maximum absolute atomic E-state index is 12.3. The lowest BCUT2D eigenvalue weighted by atomic mass is 10.3. The standard InChI is InChI=1S/C15H11N9O/c25-15(11-3-4-13(22-21-11)23-7-1-5-18-23)20-12-9-14(17-10-16-12)24-8-2-6-19-24/h1-10H,(H,16,17,20,25). The molecular weight excluding hydrogens is 322 g/mol. The molecule has 0 aromatic carbocycles. The molecule has 10 nitrogen and oxygen atoms in total. The van der Waals surface area contributed by atoms with E-state index in [1.54, 1.807) is 64.5 Å². The van der Waals surface area contributed by atoms with Gasteiger partial charge in [0.25, 0.3) is 5.91 Å². The molecule has 0 aliphatic heterocycles. The number of anilines is 1. The first-order chi connectivity index (χ1) is 12.3. The van der Waals surface area contributed by atoms with Crippen LogP contribution in [0.25, 0.3) is 11.6 Å². The van der Waals surface area contributed by atoms with E-state index in [1.165, 1.54) is 6.33 Å². The lowest BCUT2D eigenvalue weighted by Gasteiger charge is -2.06. The molecule has 0 spiro atoms. The van der Waals surface area contributed by atoms with Gasteiger partial charge in [-0.05, 0) is 24.3 Å². The van der Waals surface area contributed by atoms with Gasteiger partial charge in [0.2, 0.25) is 0 Å². The second kappa shape index (κ2) is 6.28. The number of carbonyl (C=O) groups excluding carboxylic acids is 1. The molecule has 1 amide bonds. The molecule has 0 saturated carbocycles. The Morgan fingerprint density at radius 1 is 0.920 bits per heavy atom. The van der Waals surface area contributed by atoms with Crippen molar-refractivity contribution in [2.45, 2.75) is 0 Å². The van der Waals surface area contributed by atoms with Gasteiger partial charge in [-0.1, -0.05) is 0 Å². The number of rotatable bonds is 4. The second-order valence-corrected chi connectivity index (χ2v) is 4.89. The molecule has 122 valence electrons. The average Bonchev–Trinajstić information content (AvgIpc) is 3.36. The summed E-state index contributed by atoms with van der Waals surface area (Å²) in [5.74, 6) is 0.966. The number of nitrogens with zero attached hydrogens (tertiary/aromatic N) is 8. The van der Waals surface area contributed by atoms with Crippen molar-refractivity contribution in [2.24, 2.45) is 0 Å². The SMILES string of the molecule is O=C(Nc1cc(-n2cccn2)ncn1)c1ccc(-n2cccn2)nn1. The van der Waals surface area contributed by atoms with E-state index in [9.17, 15) is 4.79 Å². The van der Waals surface area contributed by atoms with Crippen LogP contribution >= 0.6 is 0 Å². The van der Waals surface area contributed by atoms with Gasteiger partial charge in [0.05, 0.1) is 0 Å². The summed E-state index contributed by atoms with van der Waals surface area (Å²) in [7, 11) is 0. The largest absolute Gasteiger partial charge is 0.305 e. The average molecular weight is 333 g/mol. The smallest absolute Gasteiger partial charge is 0.277 e. The normalized spacial score (nSPS) is 10.6. The van der Waals surface area contributed by atoms with E-state index in [0.717, 1.165) is 0 Å². The number of amides is 1. The van der Waals surface area contributed by atoms with Crippen molar-refractivity contribution in [3.05, 3.63) is 67.1 Å². The molecule has 25 heavy (non-hydrogen) atoms. The van der Waals surface area contributed by atoms with Crippen LogP contribution in [0.3, 0.4) is 0 Å². The molecule has 4 aromatic rings. The summed E-state index contributed by atoms with van der Waals surface area (Å²) in [6.45, 7) is 0. The number of carbonyl (C=O) groups is 1. The highest BCUT2D eigenvalue weighted by atomic mass is 16.2. The summed E-state index contributed by atoms with van der Waals surface area (Å²) in [4.78, 5) is 20.4. The van der Waals surface area contributed by atoms with Gasteiger partial charge in [-0.2, -0.15) is 10.2 Å². The van der Waals surface area contributed by atoms with Gasteiger partial charge in [0.1, 0.15) is 12.1 Å². The molecule has 0 aliphatic carbocycles. The predicted octanol–water partition coefficient (Wildman–Crippen LogP) is 0.890. The van der Waals surface area contributed by atoms with Crippen molar-refractivity contribution in [1.82, 2.24) is 39.7 Å². The molecule has 10 heteroatoms. The van der Waals surface area contributed by atoms with Crippen LogP contribution in [0.5, 0.6) is 0 Å². The Balaban J connectivity index is 1.51. The second-order valence-electron chi connectivity index (χ2n) is 4.89. The topological polar surface area (TPSA) is 116 Å². The fraction of sp³-hybridized carbons (Fsp3) is 0. The van der Waals surface area contributed by atoms with Gasteiger partial charge in [-0.25, -0.2) is 19.3 Å². The monoisotopic (exact) mass is 333 g/mol. The van der Waals surface area contributed by atoms with E-state index in [1.807, 2.05) is 0 Å². The van der Waals surface area contributed by atoms with Crippen LogP contribution in [-0.4, -0.2) is 45.6 Å². The van der Waals surface area contributed by atoms with Crippen LogP contribution in [0.15, 0.2) is 61.4 Å². The minimum Gasteiger partial charge on any atom is -0.305 e. The summed E-state index contributed by atoms with van der Waals surface area (Å²) in [6.07, 6.45) is 8.10. The highest BCUT2D eigenvalue weighted by molar-refractivity contribution is 6.02. The number of nitrogens with one attached hydrogen (secondary N) is 1. The molecule has 0 unspecified atom stereocenters. The van der Waals surface area contributed by atoms with Crippen LogP contribution in [0.1, 0.15) is 10.5 Å². The van der Waals surface area contributed by atoms with Gasteiger partial charge >= 0.3 is 0 Å². The summed E-state index contributed by atoms with van der Waals surface area (Å²) < 4.78 is 3.12. The maximum atomic E-state index is 12.3. The van der Waals surface area contributed by atoms with E-state index in [2.05, 4.69) is 35.7 Å². The van der Waals surface area contributed by atoms with Crippen molar-refractivity contribution >= 4 is 11.7 Å². The summed E-state index contributed by atoms with van der Waals surface area (Å²) in [6, 6.07) is 8.38.